The highest BCUT2D eigenvalue weighted by atomic mass is 32.2. The van der Waals surface area contributed by atoms with Crippen molar-refractivity contribution in [1.82, 2.24) is 14.6 Å². The van der Waals surface area contributed by atoms with E-state index in [4.69, 9.17) is 5.10 Å². The predicted octanol–water partition coefficient (Wildman–Crippen LogP) is 4.54. The number of hydrogen-bond donors (Lipinski definition) is 2. The van der Waals surface area contributed by atoms with Crippen molar-refractivity contribution in [2.75, 3.05) is 11.9 Å². The molecule has 2 aromatic heterocycles. The number of aromatic nitrogens is 3. The number of benzene rings is 2. The Labute approximate surface area is 179 Å². The number of imidazole rings is 1. The van der Waals surface area contributed by atoms with Crippen molar-refractivity contribution >= 4 is 29.4 Å². The molecule has 0 atom stereocenters. The molecule has 0 aliphatic heterocycles. The van der Waals surface area contributed by atoms with E-state index in [1.54, 1.807) is 48.5 Å². The van der Waals surface area contributed by atoms with Crippen LogP contribution in [0, 0.1) is 0 Å². The molecule has 0 aliphatic carbocycles. The predicted molar refractivity (Wildman–Crippen MR) is 119 cm³/mol. The van der Waals surface area contributed by atoms with Crippen LogP contribution in [0.1, 0.15) is 24.2 Å². The molecule has 2 heterocycles. The highest BCUT2D eigenvalue weighted by Crippen LogP contribution is 2.31. The summed E-state index contributed by atoms with van der Waals surface area (Å²) in [5.41, 5.74) is 2.95. The maximum Gasteiger partial charge on any atom is 0.177 e. The third-order valence-corrected chi connectivity index (χ3v) is 5.38. The fourth-order valence-corrected chi connectivity index (χ4v) is 3.81. The molecular weight excluding hydrogens is 396 g/mol. The smallest absolute Gasteiger partial charge is 0.177 e. The van der Waals surface area contributed by atoms with E-state index in [2.05, 4.69) is 10.3 Å². The van der Waals surface area contributed by atoms with Crippen LogP contribution in [0.25, 0.3) is 16.9 Å². The third-order valence-electron chi connectivity index (χ3n) is 4.46. The molecule has 4 rings (SSSR count). The van der Waals surface area contributed by atoms with Crippen molar-refractivity contribution in [2.45, 2.75) is 29.4 Å². The molecule has 152 valence electrons. The van der Waals surface area contributed by atoms with Crippen LogP contribution in [0.15, 0.2) is 76.8 Å². The van der Waals surface area contributed by atoms with Gasteiger partial charge in [-0.25, -0.2) is 9.50 Å². The summed E-state index contributed by atoms with van der Waals surface area (Å²) in [4.78, 5) is 16.6. The normalized spacial score (nSPS) is 11.6. The Morgan fingerprint density at radius 1 is 1.13 bits per heavy atom. The van der Waals surface area contributed by atoms with Crippen LogP contribution in [-0.2, 0) is 0 Å². The Balaban J connectivity index is 1.79. The van der Waals surface area contributed by atoms with Crippen molar-refractivity contribution in [3.63, 3.8) is 0 Å². The number of aliphatic hydroxyl groups is 1. The summed E-state index contributed by atoms with van der Waals surface area (Å²) in [6, 6.07) is 19.3. The Hall–Kier alpha value is -3.16. The van der Waals surface area contributed by atoms with Crippen LogP contribution >= 0.6 is 11.8 Å². The average molecular weight is 419 g/mol. The summed E-state index contributed by atoms with van der Waals surface area (Å²) < 4.78 is 1.80. The van der Waals surface area contributed by atoms with E-state index >= 15 is 0 Å². The fraction of sp³-hybridized carbons (Fsp3) is 0.174. The minimum absolute atomic E-state index is 0.373. The number of rotatable bonds is 7. The summed E-state index contributed by atoms with van der Waals surface area (Å²) in [5, 5.41) is 19.1. The van der Waals surface area contributed by atoms with E-state index in [0.717, 1.165) is 33.2 Å². The van der Waals surface area contributed by atoms with E-state index in [9.17, 15) is 9.90 Å². The van der Waals surface area contributed by atoms with E-state index in [0.29, 0.717) is 17.8 Å². The van der Waals surface area contributed by atoms with Gasteiger partial charge in [0.15, 0.2) is 5.65 Å². The Kier molecular flexibility index (Phi) is 5.57. The molecule has 0 saturated carbocycles. The van der Waals surface area contributed by atoms with Crippen LogP contribution in [0.4, 0.5) is 5.69 Å². The molecule has 0 saturated heterocycles. The molecule has 0 unspecified atom stereocenters. The van der Waals surface area contributed by atoms with E-state index in [-0.39, 0.29) is 0 Å². The maximum atomic E-state index is 11.0. The molecule has 0 bridgehead atoms. The second kappa shape index (κ2) is 8.30. The number of nitrogens with one attached hydrogen (secondary N) is 1. The lowest BCUT2D eigenvalue weighted by molar-refractivity contribution is 0.0945. The van der Waals surface area contributed by atoms with Crippen LogP contribution in [-0.4, -0.2) is 38.1 Å². The topological polar surface area (TPSA) is 79.5 Å². The van der Waals surface area contributed by atoms with Crippen LogP contribution in [0.5, 0.6) is 0 Å². The number of nitrogens with zero attached hydrogens (tertiary/aromatic N) is 3. The van der Waals surface area contributed by atoms with Crippen LogP contribution in [0.3, 0.4) is 0 Å². The summed E-state index contributed by atoms with van der Waals surface area (Å²) in [5.74, 6) is 0. The van der Waals surface area contributed by atoms with Crippen LogP contribution < -0.4 is 5.32 Å². The van der Waals surface area contributed by atoms with E-state index in [1.807, 2.05) is 48.5 Å². The lowest BCUT2D eigenvalue weighted by Crippen LogP contribution is -2.29. The van der Waals surface area contributed by atoms with Gasteiger partial charge in [0.05, 0.1) is 23.2 Å². The number of hydrogen-bond acceptors (Lipinski definition) is 6. The van der Waals surface area contributed by atoms with Gasteiger partial charge in [-0.15, -0.1) is 0 Å². The van der Waals surface area contributed by atoms with Gasteiger partial charge >= 0.3 is 0 Å². The molecule has 6 nitrogen and oxygen atoms in total. The zero-order valence-corrected chi connectivity index (χ0v) is 17.6. The number of aldehydes is 1. The zero-order chi connectivity index (χ0) is 21.1. The van der Waals surface area contributed by atoms with Crippen molar-refractivity contribution in [1.29, 1.82) is 0 Å². The quantitative estimate of drug-likeness (QED) is 0.429. The number of anilines is 1. The molecule has 7 heteroatoms. The lowest BCUT2D eigenvalue weighted by atomic mass is 10.1. The minimum Gasteiger partial charge on any atom is -0.389 e. The van der Waals surface area contributed by atoms with Gasteiger partial charge in [0.1, 0.15) is 11.3 Å². The van der Waals surface area contributed by atoms with Gasteiger partial charge in [-0.1, -0.05) is 54.2 Å². The second-order valence-electron chi connectivity index (χ2n) is 7.60. The minimum atomic E-state index is -0.868. The van der Waals surface area contributed by atoms with Gasteiger partial charge in [-0.2, -0.15) is 5.10 Å². The second-order valence-corrected chi connectivity index (χ2v) is 8.69. The van der Waals surface area contributed by atoms with Gasteiger partial charge in [-0.3, -0.25) is 4.79 Å². The van der Waals surface area contributed by atoms with Gasteiger partial charge < -0.3 is 10.4 Å². The first-order chi connectivity index (χ1) is 14.4. The molecule has 0 fully saturated rings. The first-order valence-corrected chi connectivity index (χ1v) is 10.4. The van der Waals surface area contributed by atoms with Crippen molar-refractivity contribution < 1.29 is 9.90 Å². The summed E-state index contributed by atoms with van der Waals surface area (Å²) in [7, 11) is 0. The highest BCUT2D eigenvalue weighted by Gasteiger charge is 2.17. The summed E-state index contributed by atoms with van der Waals surface area (Å²) in [6.45, 7) is 3.88. The fourth-order valence-electron chi connectivity index (χ4n) is 2.98. The molecule has 2 N–H and O–H groups in total. The van der Waals surface area contributed by atoms with Gasteiger partial charge in [0.25, 0.3) is 0 Å². The largest absolute Gasteiger partial charge is 0.389 e. The Morgan fingerprint density at radius 3 is 2.53 bits per heavy atom. The molecule has 0 amide bonds. The van der Waals surface area contributed by atoms with Crippen LogP contribution in [0.2, 0.25) is 0 Å². The lowest BCUT2D eigenvalue weighted by Gasteiger charge is -2.19. The standard InChI is InChI=1S/C23H22N4O2S/c1-23(2,29)15-25-19-12-21(30-18-6-4-3-5-7-18)26-27-20(13-24-22(19)27)17-10-8-16(14-28)9-11-17/h3-14,25,29H,15H2,1-2H3. The molecule has 4 aromatic rings. The van der Waals surface area contributed by atoms with Gasteiger partial charge in [0, 0.05) is 22.6 Å². The average Bonchev–Trinajstić information content (AvgIpc) is 3.16. The monoisotopic (exact) mass is 418 g/mol. The third kappa shape index (κ3) is 4.53. The number of carbonyl (C=O) groups excluding carboxylic acids is 1. The molecule has 30 heavy (non-hydrogen) atoms. The van der Waals surface area contributed by atoms with E-state index < -0.39 is 5.60 Å². The van der Waals surface area contributed by atoms with Crippen molar-refractivity contribution in [3.8, 4) is 11.3 Å². The molecular formula is C23H22N4O2S. The first kappa shape index (κ1) is 20.1. The Bertz CT molecular complexity index is 1170. The summed E-state index contributed by atoms with van der Waals surface area (Å²) >= 11 is 1.55. The number of carbonyl (C=O) groups is 1. The SMILES string of the molecule is CC(C)(O)CNc1cc(Sc2ccccc2)nn2c(-c3ccc(C=O)cc3)cnc12. The van der Waals surface area contributed by atoms with Crippen molar-refractivity contribution in [3.05, 3.63) is 72.4 Å². The highest BCUT2D eigenvalue weighted by molar-refractivity contribution is 7.99. The number of fused-ring (bicyclic) bond motifs is 1. The van der Waals surface area contributed by atoms with Crippen molar-refractivity contribution in [2.24, 2.45) is 0 Å². The molecule has 0 spiro atoms. The molecule has 0 radical (unpaired) electrons. The Morgan fingerprint density at radius 2 is 1.87 bits per heavy atom. The maximum absolute atomic E-state index is 11.0. The zero-order valence-electron chi connectivity index (χ0n) is 16.7. The van der Waals surface area contributed by atoms with Gasteiger partial charge in [0.2, 0.25) is 0 Å². The first-order valence-electron chi connectivity index (χ1n) is 9.56. The van der Waals surface area contributed by atoms with E-state index in [1.165, 1.54) is 0 Å². The molecule has 0 aliphatic rings. The molecule has 2 aromatic carbocycles. The summed E-state index contributed by atoms with van der Waals surface area (Å²) in [6.07, 6.45) is 2.59. The van der Waals surface area contributed by atoms with Gasteiger partial charge in [-0.05, 0) is 32.0 Å².